The summed E-state index contributed by atoms with van der Waals surface area (Å²) in [7, 11) is 0. The van der Waals surface area contributed by atoms with Crippen LogP contribution in [0.5, 0.6) is 0 Å². The number of hydrogen-bond acceptors (Lipinski definition) is 6. The van der Waals surface area contributed by atoms with Gasteiger partial charge in [-0.2, -0.15) is 4.98 Å². The molecule has 0 spiro atoms. The van der Waals surface area contributed by atoms with Crippen LogP contribution >= 0.6 is 11.3 Å². The molecule has 2 rings (SSSR count). The zero-order chi connectivity index (χ0) is 11.9. The van der Waals surface area contributed by atoms with E-state index in [2.05, 4.69) is 32.5 Å². The number of aromatic nitrogens is 3. The van der Waals surface area contributed by atoms with E-state index >= 15 is 0 Å². The van der Waals surface area contributed by atoms with Crippen molar-refractivity contribution < 1.29 is 0 Å². The highest BCUT2D eigenvalue weighted by atomic mass is 32.1. The largest absolute Gasteiger partial charge is 0.364 e. The smallest absolute Gasteiger partial charge is 0.224 e. The second-order valence-corrected chi connectivity index (χ2v) is 4.24. The Hall–Kier alpha value is -1.69. The van der Waals surface area contributed by atoms with E-state index < -0.39 is 0 Å². The van der Waals surface area contributed by atoms with Crippen molar-refractivity contribution in [2.75, 3.05) is 17.2 Å². The molecule has 0 aliphatic heterocycles. The molecule has 0 saturated heterocycles. The van der Waals surface area contributed by atoms with Crippen molar-refractivity contribution in [1.82, 2.24) is 15.0 Å². The highest BCUT2D eigenvalue weighted by Crippen LogP contribution is 2.08. The van der Waals surface area contributed by atoms with Gasteiger partial charge in [0, 0.05) is 18.1 Å². The van der Waals surface area contributed by atoms with Gasteiger partial charge in [-0.25, -0.2) is 9.97 Å². The van der Waals surface area contributed by atoms with Crippen molar-refractivity contribution >= 4 is 23.1 Å². The molecule has 2 heterocycles. The zero-order valence-corrected chi connectivity index (χ0v) is 10.5. The van der Waals surface area contributed by atoms with Crippen LogP contribution < -0.4 is 10.6 Å². The minimum atomic E-state index is 0.662. The molecule has 0 bridgehead atoms. The molecule has 0 saturated carbocycles. The fourth-order valence-corrected chi connectivity index (χ4v) is 1.84. The highest BCUT2D eigenvalue weighted by molar-refractivity contribution is 7.07. The third-order valence-electron chi connectivity index (χ3n) is 2.12. The number of thiazole rings is 1. The van der Waals surface area contributed by atoms with Crippen molar-refractivity contribution in [3.63, 3.8) is 0 Å². The van der Waals surface area contributed by atoms with Crippen LogP contribution in [0.15, 0.2) is 23.2 Å². The molecule has 2 N–H and O–H groups in total. The predicted molar refractivity (Wildman–Crippen MR) is 70.3 cm³/mol. The summed E-state index contributed by atoms with van der Waals surface area (Å²) in [5, 5.41) is 8.39. The molecule has 0 aliphatic rings. The molecule has 0 radical (unpaired) electrons. The Labute approximate surface area is 104 Å². The predicted octanol–water partition coefficient (Wildman–Crippen LogP) is 2.37. The third-order valence-corrected chi connectivity index (χ3v) is 2.76. The van der Waals surface area contributed by atoms with E-state index in [4.69, 9.17) is 0 Å². The minimum absolute atomic E-state index is 0.662. The Kier molecular flexibility index (Phi) is 4.26. The van der Waals surface area contributed by atoms with Gasteiger partial charge >= 0.3 is 0 Å². The average molecular weight is 249 g/mol. The SMILES string of the molecule is CCCNc1nccc(NCc2cscn2)n1. The lowest BCUT2D eigenvalue weighted by Crippen LogP contribution is -2.07. The van der Waals surface area contributed by atoms with E-state index in [1.165, 1.54) is 0 Å². The number of nitrogens with zero attached hydrogens (tertiary/aromatic N) is 3. The van der Waals surface area contributed by atoms with Gasteiger partial charge in [-0.05, 0) is 12.5 Å². The Morgan fingerprint density at radius 3 is 3.00 bits per heavy atom. The van der Waals surface area contributed by atoms with Crippen molar-refractivity contribution in [3.05, 3.63) is 28.8 Å². The normalized spacial score (nSPS) is 10.2. The topological polar surface area (TPSA) is 62.7 Å². The monoisotopic (exact) mass is 249 g/mol. The van der Waals surface area contributed by atoms with Crippen LogP contribution in [-0.4, -0.2) is 21.5 Å². The number of rotatable bonds is 6. The second kappa shape index (κ2) is 6.15. The van der Waals surface area contributed by atoms with Crippen molar-refractivity contribution in [2.45, 2.75) is 19.9 Å². The second-order valence-electron chi connectivity index (χ2n) is 3.53. The maximum Gasteiger partial charge on any atom is 0.224 e. The summed E-state index contributed by atoms with van der Waals surface area (Å²) < 4.78 is 0. The van der Waals surface area contributed by atoms with Gasteiger partial charge in [0.25, 0.3) is 0 Å². The maximum absolute atomic E-state index is 4.35. The van der Waals surface area contributed by atoms with Gasteiger partial charge in [0.05, 0.1) is 17.7 Å². The highest BCUT2D eigenvalue weighted by Gasteiger charge is 1.99. The molecule has 5 nitrogen and oxygen atoms in total. The summed E-state index contributed by atoms with van der Waals surface area (Å²) in [6, 6.07) is 1.85. The summed E-state index contributed by atoms with van der Waals surface area (Å²) in [5.74, 6) is 1.47. The fourth-order valence-electron chi connectivity index (χ4n) is 1.29. The molecule has 90 valence electrons. The Balaban J connectivity index is 1.91. The van der Waals surface area contributed by atoms with E-state index in [1.54, 1.807) is 17.5 Å². The van der Waals surface area contributed by atoms with E-state index in [1.807, 2.05) is 17.0 Å². The van der Waals surface area contributed by atoms with Gasteiger partial charge in [-0.3, -0.25) is 0 Å². The molecular formula is C11H15N5S. The fraction of sp³-hybridized carbons (Fsp3) is 0.364. The van der Waals surface area contributed by atoms with Gasteiger partial charge in [-0.1, -0.05) is 6.92 Å². The molecule has 0 aliphatic carbocycles. The summed E-state index contributed by atoms with van der Waals surface area (Å²) in [4.78, 5) is 12.7. The molecule has 0 aromatic carbocycles. The number of hydrogen-bond donors (Lipinski definition) is 2. The lowest BCUT2D eigenvalue weighted by molar-refractivity contribution is 0.949. The van der Waals surface area contributed by atoms with Crippen LogP contribution in [0.1, 0.15) is 19.0 Å². The van der Waals surface area contributed by atoms with Crippen molar-refractivity contribution in [1.29, 1.82) is 0 Å². The first-order chi connectivity index (χ1) is 8.38. The molecular weight excluding hydrogens is 234 g/mol. The number of anilines is 2. The molecule has 0 unspecified atom stereocenters. The maximum atomic E-state index is 4.35. The quantitative estimate of drug-likeness (QED) is 0.823. The van der Waals surface area contributed by atoms with Crippen LogP contribution in [0.3, 0.4) is 0 Å². The van der Waals surface area contributed by atoms with E-state index in [0.29, 0.717) is 12.5 Å². The Bertz CT molecular complexity index is 443. The Morgan fingerprint density at radius 2 is 2.24 bits per heavy atom. The summed E-state index contributed by atoms with van der Waals surface area (Å²) in [5.41, 5.74) is 2.85. The summed E-state index contributed by atoms with van der Waals surface area (Å²) in [6.45, 7) is 3.68. The van der Waals surface area contributed by atoms with Crippen LogP contribution in [0.25, 0.3) is 0 Å². The third kappa shape index (κ3) is 3.67. The first kappa shape index (κ1) is 11.8. The molecule has 2 aromatic heterocycles. The lowest BCUT2D eigenvalue weighted by atomic mass is 10.4. The first-order valence-corrected chi connectivity index (χ1v) is 6.50. The standard InChI is InChI=1S/C11H15N5S/c1-2-4-12-11-13-5-3-10(16-11)14-6-9-7-17-8-15-9/h3,5,7-8H,2,4,6H2,1H3,(H2,12,13,14,16). The van der Waals surface area contributed by atoms with E-state index in [9.17, 15) is 0 Å². The zero-order valence-electron chi connectivity index (χ0n) is 9.68. The van der Waals surface area contributed by atoms with Crippen LogP contribution in [0, 0.1) is 0 Å². The summed E-state index contributed by atoms with van der Waals surface area (Å²) in [6.07, 6.45) is 2.80. The van der Waals surface area contributed by atoms with Crippen molar-refractivity contribution in [2.24, 2.45) is 0 Å². The molecule has 0 atom stereocenters. The summed E-state index contributed by atoms with van der Waals surface area (Å²) >= 11 is 1.59. The minimum Gasteiger partial charge on any atom is -0.364 e. The lowest BCUT2D eigenvalue weighted by Gasteiger charge is -2.06. The van der Waals surface area contributed by atoms with Crippen LogP contribution in [0.2, 0.25) is 0 Å². The molecule has 0 fully saturated rings. The van der Waals surface area contributed by atoms with Crippen LogP contribution in [-0.2, 0) is 6.54 Å². The van der Waals surface area contributed by atoms with E-state index in [0.717, 1.165) is 24.5 Å². The number of nitrogens with one attached hydrogen (secondary N) is 2. The first-order valence-electron chi connectivity index (χ1n) is 5.56. The van der Waals surface area contributed by atoms with Gasteiger partial charge in [0.15, 0.2) is 0 Å². The van der Waals surface area contributed by atoms with Crippen LogP contribution in [0.4, 0.5) is 11.8 Å². The van der Waals surface area contributed by atoms with Gasteiger partial charge < -0.3 is 10.6 Å². The van der Waals surface area contributed by atoms with Gasteiger partial charge in [-0.15, -0.1) is 11.3 Å². The molecule has 6 heteroatoms. The van der Waals surface area contributed by atoms with E-state index in [-0.39, 0.29) is 0 Å². The van der Waals surface area contributed by atoms with Crippen molar-refractivity contribution in [3.8, 4) is 0 Å². The Morgan fingerprint density at radius 1 is 1.29 bits per heavy atom. The van der Waals surface area contributed by atoms with Gasteiger partial charge in [0.1, 0.15) is 5.82 Å². The molecule has 2 aromatic rings. The molecule has 0 amide bonds. The average Bonchev–Trinajstić information content (AvgIpc) is 2.87. The van der Waals surface area contributed by atoms with Gasteiger partial charge in [0.2, 0.25) is 5.95 Å². The molecule has 17 heavy (non-hydrogen) atoms.